The lowest BCUT2D eigenvalue weighted by Crippen LogP contribution is -2.31. The summed E-state index contributed by atoms with van der Waals surface area (Å²) in [6.07, 6.45) is 2.10. The number of rotatable bonds is 6. The first kappa shape index (κ1) is 20.8. The number of nitrogens with zero attached hydrogens (tertiary/aromatic N) is 1. The summed E-state index contributed by atoms with van der Waals surface area (Å²) in [5.41, 5.74) is 1.55. The van der Waals surface area contributed by atoms with E-state index in [4.69, 9.17) is 4.74 Å². The maximum Gasteiger partial charge on any atom is 0.264 e. The average molecular weight is 445 g/mol. The van der Waals surface area contributed by atoms with Gasteiger partial charge in [0.05, 0.1) is 21.6 Å². The summed E-state index contributed by atoms with van der Waals surface area (Å²) in [7, 11) is -2.12. The van der Waals surface area contributed by atoms with E-state index >= 15 is 0 Å². The molecule has 2 aromatic carbocycles. The van der Waals surface area contributed by atoms with Gasteiger partial charge >= 0.3 is 0 Å². The lowest BCUT2D eigenvalue weighted by molar-refractivity contribution is 0.0861. The number of thiophene rings is 1. The molecule has 1 aliphatic rings. The molecule has 1 amide bonds. The van der Waals surface area contributed by atoms with Gasteiger partial charge in [-0.15, -0.1) is 11.3 Å². The third-order valence-electron chi connectivity index (χ3n) is 5.28. The monoisotopic (exact) mass is 444 g/mol. The molecule has 1 aromatic heterocycles. The number of aryl methyl sites for hydroxylation is 1. The summed E-state index contributed by atoms with van der Waals surface area (Å²) in [5.74, 6) is -0.131. The van der Waals surface area contributed by atoms with Crippen molar-refractivity contribution in [2.45, 2.75) is 30.8 Å². The Labute approximate surface area is 180 Å². The number of fused-ring (bicyclic) bond motifs is 1. The number of benzene rings is 2. The second kappa shape index (κ2) is 8.37. The number of carbonyl (C=O) groups excluding carboxylic acids is 1. The molecule has 0 bridgehead atoms. The molecule has 2 heterocycles. The van der Waals surface area contributed by atoms with Crippen LogP contribution in [0, 0.1) is 6.92 Å². The van der Waals surface area contributed by atoms with Crippen molar-refractivity contribution in [2.24, 2.45) is 0 Å². The van der Waals surface area contributed by atoms with Crippen molar-refractivity contribution in [1.82, 2.24) is 5.32 Å². The number of sulfonamides is 1. The largest absolute Gasteiger partial charge is 0.376 e. The van der Waals surface area contributed by atoms with Crippen LogP contribution in [-0.2, 0) is 14.8 Å². The summed E-state index contributed by atoms with van der Waals surface area (Å²) in [6, 6.07) is 14.0. The van der Waals surface area contributed by atoms with Crippen molar-refractivity contribution >= 4 is 43.0 Å². The molecule has 0 spiro atoms. The Morgan fingerprint density at radius 3 is 2.67 bits per heavy atom. The summed E-state index contributed by atoms with van der Waals surface area (Å²) >= 11 is 1.39. The zero-order valence-electron chi connectivity index (χ0n) is 16.9. The normalized spacial score (nSPS) is 16.7. The first-order valence-electron chi connectivity index (χ1n) is 9.83. The number of ether oxygens (including phenoxy) is 1. The van der Waals surface area contributed by atoms with E-state index in [-0.39, 0.29) is 16.9 Å². The number of hydrogen-bond acceptors (Lipinski definition) is 5. The number of amides is 1. The van der Waals surface area contributed by atoms with Crippen molar-refractivity contribution in [3.63, 3.8) is 0 Å². The zero-order valence-corrected chi connectivity index (χ0v) is 18.6. The maximum atomic E-state index is 13.0. The van der Waals surface area contributed by atoms with Gasteiger partial charge in [0.2, 0.25) is 0 Å². The highest BCUT2D eigenvalue weighted by molar-refractivity contribution is 7.92. The SMILES string of the molecule is Cc1ccc(S(=O)(=O)N(C)c2ccc3sc(C(=O)NC[C@@H]4CCCO4)cc3c2)cc1. The lowest BCUT2D eigenvalue weighted by atomic mass is 10.2. The fourth-order valence-corrected chi connectivity index (χ4v) is 5.59. The lowest BCUT2D eigenvalue weighted by Gasteiger charge is -2.19. The Morgan fingerprint density at radius 1 is 1.20 bits per heavy atom. The molecule has 3 aromatic rings. The quantitative estimate of drug-likeness (QED) is 0.625. The van der Waals surface area contributed by atoms with Gasteiger partial charge in [-0.3, -0.25) is 9.10 Å². The Hall–Kier alpha value is -2.42. The molecule has 8 heteroatoms. The minimum atomic E-state index is -3.66. The molecule has 30 heavy (non-hydrogen) atoms. The highest BCUT2D eigenvalue weighted by Crippen LogP contribution is 2.31. The van der Waals surface area contributed by atoms with Gasteiger partial charge in [-0.25, -0.2) is 8.42 Å². The van der Waals surface area contributed by atoms with E-state index in [2.05, 4.69) is 5.32 Å². The van der Waals surface area contributed by atoms with E-state index < -0.39 is 10.0 Å². The third kappa shape index (κ3) is 4.21. The molecule has 1 saturated heterocycles. The van der Waals surface area contributed by atoms with Gasteiger partial charge in [0.15, 0.2) is 0 Å². The summed E-state index contributed by atoms with van der Waals surface area (Å²) in [4.78, 5) is 13.3. The summed E-state index contributed by atoms with van der Waals surface area (Å²) in [6.45, 7) is 3.18. The first-order valence-corrected chi connectivity index (χ1v) is 12.1. The second-order valence-electron chi connectivity index (χ2n) is 7.46. The molecule has 1 N–H and O–H groups in total. The minimum Gasteiger partial charge on any atom is -0.376 e. The van der Waals surface area contributed by atoms with Crippen LogP contribution in [0.1, 0.15) is 28.1 Å². The maximum absolute atomic E-state index is 13.0. The van der Waals surface area contributed by atoms with E-state index in [9.17, 15) is 13.2 Å². The molecule has 1 aliphatic heterocycles. The predicted octanol–water partition coefficient (Wildman–Crippen LogP) is 3.94. The van der Waals surface area contributed by atoms with Crippen molar-refractivity contribution in [1.29, 1.82) is 0 Å². The van der Waals surface area contributed by atoms with Crippen LogP contribution in [0.3, 0.4) is 0 Å². The summed E-state index contributed by atoms with van der Waals surface area (Å²) < 4.78 is 33.7. The first-order chi connectivity index (χ1) is 14.3. The van der Waals surface area contributed by atoms with E-state index in [0.29, 0.717) is 17.1 Å². The highest BCUT2D eigenvalue weighted by atomic mass is 32.2. The highest BCUT2D eigenvalue weighted by Gasteiger charge is 2.22. The van der Waals surface area contributed by atoms with Gasteiger partial charge in [-0.2, -0.15) is 0 Å². The minimum absolute atomic E-state index is 0.0931. The van der Waals surface area contributed by atoms with Crippen LogP contribution in [0.4, 0.5) is 5.69 Å². The van der Waals surface area contributed by atoms with Crippen molar-refractivity contribution < 1.29 is 17.9 Å². The third-order valence-corrected chi connectivity index (χ3v) is 8.20. The van der Waals surface area contributed by atoms with Crippen LogP contribution in [0.25, 0.3) is 10.1 Å². The van der Waals surface area contributed by atoms with Crippen molar-refractivity contribution in [3.05, 3.63) is 59.0 Å². The molecular weight excluding hydrogens is 420 g/mol. The van der Waals surface area contributed by atoms with Crippen LogP contribution in [0.5, 0.6) is 0 Å². The molecule has 6 nitrogen and oxygen atoms in total. The predicted molar refractivity (Wildman–Crippen MR) is 120 cm³/mol. The topological polar surface area (TPSA) is 75.7 Å². The number of carbonyl (C=O) groups is 1. The molecule has 0 aliphatic carbocycles. The van der Waals surface area contributed by atoms with Crippen LogP contribution in [0.2, 0.25) is 0 Å². The molecule has 0 unspecified atom stereocenters. The molecule has 1 atom stereocenters. The fourth-order valence-electron chi connectivity index (χ4n) is 3.44. The van der Waals surface area contributed by atoms with Crippen LogP contribution < -0.4 is 9.62 Å². The van der Waals surface area contributed by atoms with Crippen LogP contribution in [0.15, 0.2) is 53.4 Å². The van der Waals surface area contributed by atoms with Crippen LogP contribution >= 0.6 is 11.3 Å². The van der Waals surface area contributed by atoms with Gasteiger partial charge in [-0.1, -0.05) is 17.7 Å². The molecule has 0 saturated carbocycles. The Bertz CT molecular complexity index is 1160. The van der Waals surface area contributed by atoms with Crippen LogP contribution in [-0.4, -0.2) is 40.6 Å². The van der Waals surface area contributed by atoms with E-state index in [1.807, 2.05) is 13.0 Å². The van der Waals surface area contributed by atoms with Crippen molar-refractivity contribution in [2.75, 3.05) is 24.5 Å². The standard InChI is InChI=1S/C22H24N2O4S2/c1-15-5-8-19(9-6-15)30(26,27)24(2)17-7-10-20-16(12-17)13-21(29-20)22(25)23-14-18-4-3-11-28-18/h5-10,12-13,18H,3-4,11,14H2,1-2H3,(H,23,25)/t18-/m0/s1. The molecule has 1 fully saturated rings. The molecule has 0 radical (unpaired) electrons. The zero-order chi connectivity index (χ0) is 21.3. The van der Waals surface area contributed by atoms with Gasteiger partial charge in [0.25, 0.3) is 15.9 Å². The average Bonchev–Trinajstić information content (AvgIpc) is 3.40. The Kier molecular flexibility index (Phi) is 5.81. The van der Waals surface area contributed by atoms with Gasteiger partial charge in [0, 0.05) is 24.9 Å². The number of anilines is 1. The van der Waals surface area contributed by atoms with Gasteiger partial charge in [-0.05, 0) is 61.5 Å². The molecular formula is C22H24N2O4S2. The molecule has 158 valence electrons. The number of nitrogens with one attached hydrogen (secondary N) is 1. The van der Waals surface area contributed by atoms with Crippen molar-refractivity contribution in [3.8, 4) is 0 Å². The van der Waals surface area contributed by atoms with Gasteiger partial charge in [0.1, 0.15) is 0 Å². The van der Waals surface area contributed by atoms with Gasteiger partial charge < -0.3 is 10.1 Å². The summed E-state index contributed by atoms with van der Waals surface area (Å²) in [5, 5.41) is 3.77. The second-order valence-corrected chi connectivity index (χ2v) is 10.5. The number of hydrogen-bond donors (Lipinski definition) is 1. The van der Waals surface area contributed by atoms with E-state index in [1.165, 1.54) is 22.7 Å². The van der Waals surface area contributed by atoms with E-state index in [1.54, 1.807) is 42.5 Å². The Balaban J connectivity index is 1.54. The molecule has 4 rings (SSSR count). The van der Waals surface area contributed by atoms with E-state index in [0.717, 1.165) is 35.1 Å². The smallest absolute Gasteiger partial charge is 0.264 e. The Morgan fingerprint density at radius 2 is 1.97 bits per heavy atom. The fraction of sp³-hybridized carbons (Fsp3) is 0.318.